The number of hydrogen-bond donors (Lipinski definition) is 1. The molecule has 0 atom stereocenters. The Morgan fingerprint density at radius 1 is 1.05 bits per heavy atom. The van der Waals surface area contributed by atoms with Crippen LogP contribution in [0.25, 0.3) is 0 Å². The lowest BCUT2D eigenvalue weighted by molar-refractivity contribution is 0.665. The Bertz CT molecular complexity index is 601. The smallest absolute Gasteiger partial charge is 0.132 e. The largest absolute Gasteiger partial charge is 0.330 e. The number of nitrogens with two attached hydrogens (primary N) is 1. The maximum absolute atomic E-state index is 5.61. The van der Waals surface area contributed by atoms with Gasteiger partial charge in [-0.25, -0.2) is 9.97 Å². The molecular weight excluding hydrogens is 258 g/mol. The van der Waals surface area contributed by atoms with Crippen molar-refractivity contribution in [1.29, 1.82) is 0 Å². The Balaban J connectivity index is 1.85. The van der Waals surface area contributed by atoms with Gasteiger partial charge in [-0.15, -0.1) is 0 Å². The molecule has 0 aliphatic heterocycles. The topological polar surface area (TPSA) is 51.8 Å². The van der Waals surface area contributed by atoms with Crippen LogP contribution in [-0.2, 0) is 19.3 Å². The van der Waals surface area contributed by atoms with Gasteiger partial charge in [0.2, 0.25) is 0 Å². The van der Waals surface area contributed by atoms with Gasteiger partial charge in [0, 0.05) is 17.3 Å². The van der Waals surface area contributed by atoms with Gasteiger partial charge in [-0.1, -0.05) is 24.3 Å². The predicted molar refractivity (Wildman–Crippen MR) is 85.5 cm³/mol. The van der Waals surface area contributed by atoms with E-state index >= 15 is 0 Å². The number of nitrogens with zero attached hydrogens (tertiary/aromatic N) is 2. The van der Waals surface area contributed by atoms with Crippen molar-refractivity contribution in [2.24, 2.45) is 5.73 Å². The minimum absolute atomic E-state index is 0.434. The summed E-state index contributed by atoms with van der Waals surface area (Å²) in [6.45, 7) is 4.93. The molecule has 1 heterocycles. The van der Waals surface area contributed by atoms with Crippen LogP contribution in [0, 0.1) is 13.8 Å². The highest BCUT2D eigenvalue weighted by atomic mass is 14.9. The van der Waals surface area contributed by atoms with Gasteiger partial charge in [-0.3, -0.25) is 0 Å². The zero-order valence-electron chi connectivity index (χ0n) is 12.9. The van der Waals surface area contributed by atoms with Gasteiger partial charge < -0.3 is 5.73 Å². The molecular formula is C18H23N3. The monoisotopic (exact) mass is 281 g/mol. The van der Waals surface area contributed by atoms with Crippen molar-refractivity contribution in [2.75, 3.05) is 6.54 Å². The van der Waals surface area contributed by atoms with E-state index in [-0.39, 0.29) is 0 Å². The van der Waals surface area contributed by atoms with E-state index in [1.54, 1.807) is 0 Å². The molecule has 0 saturated carbocycles. The molecule has 0 radical (unpaired) electrons. The molecule has 110 valence electrons. The van der Waals surface area contributed by atoms with Gasteiger partial charge in [0.25, 0.3) is 0 Å². The Hall–Kier alpha value is -1.74. The second-order valence-corrected chi connectivity index (χ2v) is 6.00. The molecule has 0 bridgehead atoms. The third-order valence-electron chi connectivity index (χ3n) is 4.49. The standard InChI is InChI=1S/C18H23N3/c1-12-17(8-5-9-19)13(2)21-18(20-12)16-10-14-6-3-4-7-15(14)11-16/h3-4,6-7,16H,5,8-11,19H2,1-2H3. The van der Waals surface area contributed by atoms with Crippen molar-refractivity contribution in [3.8, 4) is 0 Å². The number of hydrogen-bond acceptors (Lipinski definition) is 3. The molecule has 0 unspecified atom stereocenters. The Labute approximate surface area is 126 Å². The summed E-state index contributed by atoms with van der Waals surface area (Å²) >= 11 is 0. The molecule has 1 aliphatic rings. The van der Waals surface area contributed by atoms with Gasteiger partial charge in [-0.05, 0) is 62.8 Å². The van der Waals surface area contributed by atoms with E-state index in [1.807, 2.05) is 0 Å². The highest BCUT2D eigenvalue weighted by Crippen LogP contribution is 2.32. The average Bonchev–Trinajstić information content (AvgIpc) is 2.90. The van der Waals surface area contributed by atoms with Crippen molar-refractivity contribution >= 4 is 0 Å². The second-order valence-electron chi connectivity index (χ2n) is 6.00. The maximum atomic E-state index is 5.61. The normalized spacial score (nSPS) is 14.4. The quantitative estimate of drug-likeness (QED) is 0.937. The van der Waals surface area contributed by atoms with Crippen molar-refractivity contribution in [2.45, 2.75) is 45.4 Å². The lowest BCUT2D eigenvalue weighted by Gasteiger charge is -2.14. The first kappa shape index (κ1) is 14.2. The van der Waals surface area contributed by atoms with Crippen LogP contribution in [0.1, 0.15) is 46.2 Å². The highest BCUT2D eigenvalue weighted by molar-refractivity contribution is 5.36. The predicted octanol–water partition coefficient (Wildman–Crippen LogP) is 2.87. The number of rotatable bonds is 4. The molecule has 0 saturated heterocycles. The van der Waals surface area contributed by atoms with Gasteiger partial charge >= 0.3 is 0 Å². The zero-order valence-corrected chi connectivity index (χ0v) is 12.9. The number of aryl methyl sites for hydroxylation is 2. The Morgan fingerprint density at radius 3 is 2.14 bits per heavy atom. The molecule has 1 aliphatic carbocycles. The molecule has 3 rings (SSSR count). The lowest BCUT2D eigenvalue weighted by Crippen LogP contribution is -2.11. The van der Waals surface area contributed by atoms with Crippen LogP contribution >= 0.6 is 0 Å². The fourth-order valence-corrected chi connectivity index (χ4v) is 3.33. The highest BCUT2D eigenvalue weighted by Gasteiger charge is 2.25. The van der Waals surface area contributed by atoms with Gasteiger partial charge in [0.15, 0.2) is 0 Å². The van der Waals surface area contributed by atoms with Crippen molar-refractivity contribution in [3.05, 3.63) is 58.2 Å². The van der Waals surface area contributed by atoms with Crippen LogP contribution in [0.5, 0.6) is 0 Å². The molecule has 1 aromatic carbocycles. The maximum Gasteiger partial charge on any atom is 0.132 e. The number of fused-ring (bicyclic) bond motifs is 1. The minimum atomic E-state index is 0.434. The molecule has 2 aromatic rings. The van der Waals surface area contributed by atoms with Crippen LogP contribution in [0.15, 0.2) is 24.3 Å². The molecule has 3 heteroatoms. The van der Waals surface area contributed by atoms with E-state index in [0.29, 0.717) is 5.92 Å². The van der Waals surface area contributed by atoms with Gasteiger partial charge in [0.05, 0.1) is 0 Å². The van der Waals surface area contributed by atoms with Crippen molar-refractivity contribution in [3.63, 3.8) is 0 Å². The van der Waals surface area contributed by atoms with Gasteiger partial charge in [-0.2, -0.15) is 0 Å². The number of benzene rings is 1. The number of aromatic nitrogens is 2. The first-order valence-electron chi connectivity index (χ1n) is 7.80. The zero-order chi connectivity index (χ0) is 14.8. The van der Waals surface area contributed by atoms with E-state index in [2.05, 4.69) is 38.1 Å². The first-order chi connectivity index (χ1) is 10.2. The summed E-state index contributed by atoms with van der Waals surface area (Å²) in [6, 6.07) is 8.69. The van der Waals surface area contributed by atoms with Crippen LogP contribution in [0.2, 0.25) is 0 Å². The third-order valence-corrected chi connectivity index (χ3v) is 4.49. The summed E-state index contributed by atoms with van der Waals surface area (Å²) in [5.41, 5.74) is 12.0. The summed E-state index contributed by atoms with van der Waals surface area (Å²) in [5.74, 6) is 1.45. The minimum Gasteiger partial charge on any atom is -0.330 e. The summed E-state index contributed by atoms with van der Waals surface area (Å²) in [7, 11) is 0. The molecule has 0 fully saturated rings. The third kappa shape index (κ3) is 2.84. The van der Waals surface area contributed by atoms with Crippen molar-refractivity contribution < 1.29 is 0 Å². The molecule has 2 N–H and O–H groups in total. The van der Waals surface area contributed by atoms with Crippen LogP contribution in [-0.4, -0.2) is 16.5 Å². The molecule has 1 aromatic heterocycles. The fraction of sp³-hybridized carbons (Fsp3) is 0.444. The van der Waals surface area contributed by atoms with Crippen LogP contribution in [0.4, 0.5) is 0 Å². The van der Waals surface area contributed by atoms with E-state index in [9.17, 15) is 0 Å². The van der Waals surface area contributed by atoms with Crippen LogP contribution in [0.3, 0.4) is 0 Å². The van der Waals surface area contributed by atoms with E-state index in [1.165, 1.54) is 16.7 Å². The molecule has 0 spiro atoms. The second kappa shape index (κ2) is 5.94. The molecule has 0 amide bonds. The fourth-order valence-electron chi connectivity index (χ4n) is 3.33. The summed E-state index contributed by atoms with van der Waals surface area (Å²) in [5, 5.41) is 0. The van der Waals surface area contributed by atoms with E-state index < -0.39 is 0 Å². The lowest BCUT2D eigenvalue weighted by atomic mass is 10.0. The summed E-state index contributed by atoms with van der Waals surface area (Å²) in [6.07, 6.45) is 4.12. The summed E-state index contributed by atoms with van der Waals surface area (Å²) in [4.78, 5) is 9.60. The van der Waals surface area contributed by atoms with Gasteiger partial charge in [0.1, 0.15) is 5.82 Å². The van der Waals surface area contributed by atoms with Crippen molar-refractivity contribution in [1.82, 2.24) is 9.97 Å². The summed E-state index contributed by atoms with van der Waals surface area (Å²) < 4.78 is 0. The SMILES string of the molecule is Cc1nc(C2Cc3ccccc3C2)nc(C)c1CCCN. The van der Waals surface area contributed by atoms with E-state index in [0.717, 1.165) is 49.4 Å². The first-order valence-corrected chi connectivity index (χ1v) is 7.80. The Morgan fingerprint density at radius 2 is 1.62 bits per heavy atom. The van der Waals surface area contributed by atoms with E-state index in [4.69, 9.17) is 15.7 Å². The Kier molecular flexibility index (Phi) is 4.02. The molecule has 21 heavy (non-hydrogen) atoms. The van der Waals surface area contributed by atoms with Crippen LogP contribution < -0.4 is 5.73 Å². The molecule has 3 nitrogen and oxygen atoms in total. The average molecular weight is 281 g/mol.